The van der Waals surface area contributed by atoms with Gasteiger partial charge in [0.1, 0.15) is 0 Å². The van der Waals surface area contributed by atoms with Crippen molar-refractivity contribution in [1.82, 2.24) is 14.8 Å². The van der Waals surface area contributed by atoms with Gasteiger partial charge in [-0.15, -0.1) is 0 Å². The molecule has 32 heavy (non-hydrogen) atoms. The number of alkyl halides is 3. The lowest BCUT2D eigenvalue weighted by atomic mass is 9.90. The third kappa shape index (κ3) is 5.06. The van der Waals surface area contributed by atoms with E-state index in [1.54, 1.807) is 4.90 Å². The summed E-state index contributed by atoms with van der Waals surface area (Å²) in [6.45, 7) is 1.84. The predicted molar refractivity (Wildman–Crippen MR) is 116 cm³/mol. The molecule has 1 aliphatic carbocycles. The van der Waals surface area contributed by atoms with Crippen molar-refractivity contribution in [3.05, 3.63) is 58.4 Å². The third-order valence-electron chi connectivity index (χ3n) is 6.74. The largest absolute Gasteiger partial charge is 0.389 e. The fraction of sp³-hybridized carbons (Fsp3) is 0.500. The van der Waals surface area contributed by atoms with Crippen LogP contribution in [0.4, 0.5) is 13.2 Å². The summed E-state index contributed by atoms with van der Waals surface area (Å²) < 4.78 is 37.6. The molecule has 2 aromatic rings. The fourth-order valence-electron chi connectivity index (χ4n) is 5.01. The van der Waals surface area contributed by atoms with E-state index in [1.165, 1.54) is 0 Å². The molecule has 4 rings (SSSR count). The average Bonchev–Trinajstić information content (AvgIpc) is 3.23. The first-order chi connectivity index (χ1) is 15.3. The van der Waals surface area contributed by atoms with Gasteiger partial charge in [-0.25, -0.2) is 0 Å². The second kappa shape index (κ2) is 9.10. The molecule has 0 bridgehead atoms. The first-order valence-corrected chi connectivity index (χ1v) is 11.1. The molecular formula is C24H28F3N3O2. The van der Waals surface area contributed by atoms with E-state index < -0.39 is 24.9 Å². The van der Waals surface area contributed by atoms with E-state index in [4.69, 9.17) is 0 Å². The number of hydrogen-bond donors (Lipinski definition) is 1. The summed E-state index contributed by atoms with van der Waals surface area (Å²) in [4.78, 5) is 32.0. The van der Waals surface area contributed by atoms with Gasteiger partial charge in [0.2, 0.25) is 5.91 Å². The van der Waals surface area contributed by atoms with Crippen molar-refractivity contribution >= 4 is 5.91 Å². The molecule has 8 heteroatoms. The van der Waals surface area contributed by atoms with Crippen molar-refractivity contribution in [2.45, 2.75) is 56.8 Å². The lowest BCUT2D eigenvalue weighted by Crippen LogP contribution is -2.61. The van der Waals surface area contributed by atoms with E-state index in [2.05, 4.69) is 9.88 Å². The monoisotopic (exact) mass is 447 g/mol. The minimum atomic E-state index is -4.32. The number of rotatable bonds is 5. The van der Waals surface area contributed by atoms with Crippen LogP contribution in [-0.4, -0.2) is 52.0 Å². The van der Waals surface area contributed by atoms with Gasteiger partial charge in [0.05, 0.1) is 6.42 Å². The number of halogens is 3. The Hall–Kier alpha value is -2.61. The molecule has 2 heterocycles. The topological polar surface area (TPSA) is 56.4 Å². The normalized spacial score (nSPS) is 18.9. The van der Waals surface area contributed by atoms with Crippen LogP contribution in [0.2, 0.25) is 0 Å². The van der Waals surface area contributed by atoms with Crippen molar-refractivity contribution in [3.63, 3.8) is 0 Å². The SMILES string of the molecule is O=C(CCC(F)(F)F)N1CCN(Cc2ccc(-c3ccccc3)[nH]c2=O)C2(CCCC2)C1. The maximum absolute atomic E-state index is 12.8. The minimum absolute atomic E-state index is 0.136. The van der Waals surface area contributed by atoms with Gasteiger partial charge >= 0.3 is 6.18 Å². The van der Waals surface area contributed by atoms with Gasteiger partial charge < -0.3 is 9.88 Å². The lowest BCUT2D eigenvalue weighted by molar-refractivity contribution is -0.152. The van der Waals surface area contributed by atoms with E-state index in [1.807, 2.05) is 42.5 Å². The Balaban J connectivity index is 1.47. The molecule has 2 fully saturated rings. The van der Waals surface area contributed by atoms with Crippen LogP contribution in [0.15, 0.2) is 47.3 Å². The van der Waals surface area contributed by atoms with Crippen LogP contribution in [0.25, 0.3) is 11.3 Å². The number of piperazine rings is 1. The smallest absolute Gasteiger partial charge is 0.340 e. The summed E-state index contributed by atoms with van der Waals surface area (Å²) in [5, 5.41) is 0. The fourth-order valence-corrected chi connectivity index (χ4v) is 5.01. The molecule has 1 amide bonds. The van der Waals surface area contributed by atoms with Crippen molar-refractivity contribution < 1.29 is 18.0 Å². The van der Waals surface area contributed by atoms with E-state index >= 15 is 0 Å². The first-order valence-electron chi connectivity index (χ1n) is 11.1. The second-order valence-corrected chi connectivity index (χ2v) is 8.88. The van der Waals surface area contributed by atoms with Gasteiger partial charge in [0.25, 0.3) is 5.56 Å². The number of H-pyrrole nitrogens is 1. The van der Waals surface area contributed by atoms with Crippen LogP contribution in [0.3, 0.4) is 0 Å². The van der Waals surface area contributed by atoms with E-state index in [0.717, 1.165) is 36.9 Å². The predicted octanol–water partition coefficient (Wildman–Crippen LogP) is 4.34. The van der Waals surface area contributed by atoms with Crippen molar-refractivity contribution in [1.29, 1.82) is 0 Å². The van der Waals surface area contributed by atoms with Crippen LogP contribution in [0, 0.1) is 0 Å². The summed E-state index contributed by atoms with van der Waals surface area (Å²) in [6.07, 6.45) is -2.10. The molecule has 0 unspecified atom stereocenters. The second-order valence-electron chi connectivity index (χ2n) is 8.88. The number of carbonyl (C=O) groups is 1. The maximum atomic E-state index is 12.8. The Labute approximate surface area is 185 Å². The molecule has 1 aromatic heterocycles. The molecule has 1 aliphatic heterocycles. The van der Waals surface area contributed by atoms with E-state index in [0.29, 0.717) is 31.7 Å². The highest BCUT2D eigenvalue weighted by Gasteiger charge is 2.45. The molecule has 1 saturated carbocycles. The summed E-state index contributed by atoms with van der Waals surface area (Å²) in [5.74, 6) is -0.432. The summed E-state index contributed by atoms with van der Waals surface area (Å²) in [5.41, 5.74) is 1.96. The molecule has 5 nitrogen and oxygen atoms in total. The zero-order chi connectivity index (χ0) is 22.8. The van der Waals surface area contributed by atoms with Gasteiger partial charge in [0, 0.05) is 49.4 Å². The van der Waals surface area contributed by atoms with E-state index in [-0.39, 0.29) is 11.1 Å². The zero-order valence-electron chi connectivity index (χ0n) is 18.0. The molecule has 0 radical (unpaired) electrons. The van der Waals surface area contributed by atoms with Gasteiger partial charge in [-0.1, -0.05) is 49.2 Å². The molecule has 0 atom stereocenters. The lowest BCUT2D eigenvalue weighted by Gasteiger charge is -2.49. The van der Waals surface area contributed by atoms with Crippen LogP contribution in [0.5, 0.6) is 0 Å². The highest BCUT2D eigenvalue weighted by molar-refractivity contribution is 5.76. The Morgan fingerprint density at radius 2 is 1.75 bits per heavy atom. The molecular weight excluding hydrogens is 419 g/mol. The zero-order valence-corrected chi connectivity index (χ0v) is 18.0. The number of aromatic nitrogens is 1. The van der Waals surface area contributed by atoms with Crippen molar-refractivity contribution in [2.24, 2.45) is 0 Å². The molecule has 172 valence electrons. The van der Waals surface area contributed by atoms with Gasteiger partial charge in [-0.3, -0.25) is 14.5 Å². The summed E-state index contributed by atoms with van der Waals surface area (Å²) in [6, 6.07) is 13.4. The standard InChI is InChI=1S/C24H28F3N3O2/c25-24(26,27)13-10-21(31)29-14-15-30(23(17-29)11-4-5-12-23)16-19-8-9-20(28-22(19)32)18-6-2-1-3-7-18/h1-3,6-9H,4-5,10-17H2,(H,28,32). The Kier molecular flexibility index (Phi) is 6.42. The van der Waals surface area contributed by atoms with Gasteiger partial charge in [-0.05, 0) is 24.5 Å². The molecule has 1 aromatic carbocycles. The third-order valence-corrected chi connectivity index (χ3v) is 6.74. The summed E-state index contributed by atoms with van der Waals surface area (Å²) >= 11 is 0. The number of nitrogens with one attached hydrogen (secondary N) is 1. The van der Waals surface area contributed by atoms with Crippen LogP contribution in [0.1, 0.15) is 44.1 Å². The highest BCUT2D eigenvalue weighted by Crippen LogP contribution is 2.39. The van der Waals surface area contributed by atoms with Crippen LogP contribution in [-0.2, 0) is 11.3 Å². The van der Waals surface area contributed by atoms with Gasteiger partial charge in [-0.2, -0.15) is 13.2 Å². The molecule has 1 saturated heterocycles. The van der Waals surface area contributed by atoms with Crippen molar-refractivity contribution in [2.75, 3.05) is 19.6 Å². The van der Waals surface area contributed by atoms with Crippen LogP contribution >= 0.6 is 0 Å². The Morgan fingerprint density at radius 3 is 2.41 bits per heavy atom. The number of aromatic amines is 1. The van der Waals surface area contributed by atoms with Gasteiger partial charge in [0.15, 0.2) is 0 Å². The first kappa shape index (κ1) is 22.6. The van der Waals surface area contributed by atoms with E-state index in [9.17, 15) is 22.8 Å². The molecule has 1 N–H and O–H groups in total. The number of nitrogens with zero attached hydrogens (tertiary/aromatic N) is 2. The minimum Gasteiger partial charge on any atom is -0.340 e. The summed E-state index contributed by atoms with van der Waals surface area (Å²) in [7, 11) is 0. The number of hydrogen-bond acceptors (Lipinski definition) is 3. The quantitative estimate of drug-likeness (QED) is 0.742. The average molecular weight is 448 g/mol. The Morgan fingerprint density at radius 1 is 1.03 bits per heavy atom. The number of benzene rings is 1. The highest BCUT2D eigenvalue weighted by atomic mass is 19.4. The number of pyridine rings is 1. The maximum Gasteiger partial charge on any atom is 0.389 e. The van der Waals surface area contributed by atoms with Crippen LogP contribution < -0.4 is 5.56 Å². The van der Waals surface area contributed by atoms with Crippen molar-refractivity contribution in [3.8, 4) is 11.3 Å². The Bertz CT molecular complexity index is 998. The number of amides is 1. The molecule has 2 aliphatic rings. The number of carbonyl (C=O) groups excluding carboxylic acids is 1. The molecule has 1 spiro atoms.